The molecule has 0 aromatic heterocycles. The molecule has 0 atom stereocenters. The number of likely N-dealkylation sites (N-methyl/N-ethyl adjacent to an activating group) is 1. The Morgan fingerprint density at radius 2 is 1.61 bits per heavy atom. The van der Waals surface area contributed by atoms with Crippen molar-refractivity contribution in [1.82, 2.24) is 9.80 Å². The number of carbonyl (C=O) groups excluding carboxylic acids is 1. The third kappa shape index (κ3) is 4.19. The molecular weight excluding hydrogens is 298 g/mol. The van der Waals surface area contributed by atoms with Gasteiger partial charge in [-0.1, -0.05) is 0 Å². The van der Waals surface area contributed by atoms with Crippen molar-refractivity contribution in [3.05, 3.63) is 12.1 Å². The van der Waals surface area contributed by atoms with Gasteiger partial charge in [-0.15, -0.1) is 0 Å². The molecule has 7 heteroatoms. The Kier molecular flexibility index (Phi) is 5.92. The van der Waals surface area contributed by atoms with Crippen LogP contribution < -0.4 is 19.5 Å². The molecule has 1 aliphatic heterocycles. The SMILES string of the molecule is COc1cc(NCC(=O)N2CCN(C)CC2)cc(OC)c1OC. The Balaban J connectivity index is 2.01. The smallest absolute Gasteiger partial charge is 0.241 e. The van der Waals surface area contributed by atoms with Crippen LogP contribution in [0.4, 0.5) is 5.69 Å². The minimum Gasteiger partial charge on any atom is -0.493 e. The largest absolute Gasteiger partial charge is 0.493 e. The van der Waals surface area contributed by atoms with Crippen LogP contribution >= 0.6 is 0 Å². The summed E-state index contributed by atoms with van der Waals surface area (Å²) in [7, 11) is 6.76. The van der Waals surface area contributed by atoms with E-state index in [2.05, 4.69) is 17.3 Å². The maximum absolute atomic E-state index is 12.3. The van der Waals surface area contributed by atoms with Crippen molar-refractivity contribution in [3.8, 4) is 17.2 Å². The number of benzene rings is 1. The molecule has 0 unspecified atom stereocenters. The van der Waals surface area contributed by atoms with Gasteiger partial charge in [-0.2, -0.15) is 0 Å². The second kappa shape index (κ2) is 7.92. The predicted molar refractivity (Wildman–Crippen MR) is 88.7 cm³/mol. The summed E-state index contributed by atoms with van der Waals surface area (Å²) >= 11 is 0. The Morgan fingerprint density at radius 1 is 1.04 bits per heavy atom. The first kappa shape index (κ1) is 17.2. The average Bonchev–Trinajstić information content (AvgIpc) is 2.59. The number of carbonyl (C=O) groups is 1. The van der Waals surface area contributed by atoms with Gasteiger partial charge < -0.3 is 29.3 Å². The van der Waals surface area contributed by atoms with Crippen molar-refractivity contribution < 1.29 is 19.0 Å². The molecule has 0 aliphatic carbocycles. The van der Waals surface area contributed by atoms with Crippen molar-refractivity contribution in [2.75, 3.05) is 66.4 Å². The molecule has 1 amide bonds. The maximum Gasteiger partial charge on any atom is 0.241 e. The first-order valence-electron chi connectivity index (χ1n) is 7.59. The summed E-state index contributed by atoms with van der Waals surface area (Å²) in [5.41, 5.74) is 0.752. The summed E-state index contributed by atoms with van der Waals surface area (Å²) in [6.07, 6.45) is 0. The summed E-state index contributed by atoms with van der Waals surface area (Å²) in [5, 5.41) is 3.13. The molecule has 1 aromatic carbocycles. The number of hydrogen-bond donors (Lipinski definition) is 1. The fourth-order valence-electron chi connectivity index (χ4n) is 2.53. The number of anilines is 1. The zero-order chi connectivity index (χ0) is 16.8. The van der Waals surface area contributed by atoms with Gasteiger partial charge in [-0.3, -0.25) is 4.79 Å². The van der Waals surface area contributed by atoms with E-state index in [1.165, 1.54) is 0 Å². The second-order valence-corrected chi connectivity index (χ2v) is 5.45. The first-order valence-corrected chi connectivity index (χ1v) is 7.59. The van der Waals surface area contributed by atoms with Gasteiger partial charge >= 0.3 is 0 Å². The lowest BCUT2D eigenvalue weighted by molar-refractivity contribution is -0.130. The number of nitrogens with one attached hydrogen (secondary N) is 1. The molecule has 128 valence electrons. The van der Waals surface area contributed by atoms with E-state index in [4.69, 9.17) is 14.2 Å². The van der Waals surface area contributed by atoms with Crippen LogP contribution in [0.5, 0.6) is 17.2 Å². The van der Waals surface area contributed by atoms with Crippen LogP contribution in [0.25, 0.3) is 0 Å². The fraction of sp³-hybridized carbons (Fsp3) is 0.562. The van der Waals surface area contributed by atoms with Crippen LogP contribution in [0.2, 0.25) is 0 Å². The van der Waals surface area contributed by atoms with Crippen LogP contribution in [0.1, 0.15) is 0 Å². The van der Waals surface area contributed by atoms with Gasteiger partial charge in [0.15, 0.2) is 11.5 Å². The molecule has 1 fully saturated rings. The Labute approximate surface area is 137 Å². The lowest BCUT2D eigenvalue weighted by atomic mass is 10.2. The molecule has 23 heavy (non-hydrogen) atoms. The summed E-state index contributed by atoms with van der Waals surface area (Å²) in [5.74, 6) is 1.74. The minimum absolute atomic E-state index is 0.0897. The van der Waals surface area contributed by atoms with E-state index < -0.39 is 0 Å². The lowest BCUT2D eigenvalue weighted by Crippen LogP contribution is -2.48. The van der Waals surface area contributed by atoms with E-state index in [1.807, 2.05) is 4.90 Å². The van der Waals surface area contributed by atoms with Gasteiger partial charge in [0.2, 0.25) is 11.7 Å². The highest BCUT2D eigenvalue weighted by molar-refractivity contribution is 5.81. The molecular formula is C16H25N3O4. The third-order valence-corrected chi connectivity index (χ3v) is 3.96. The highest BCUT2D eigenvalue weighted by Gasteiger charge is 2.19. The first-order chi connectivity index (χ1) is 11.1. The van der Waals surface area contributed by atoms with Gasteiger partial charge in [-0.25, -0.2) is 0 Å². The van der Waals surface area contributed by atoms with Crippen molar-refractivity contribution in [2.24, 2.45) is 0 Å². The molecule has 7 nitrogen and oxygen atoms in total. The quantitative estimate of drug-likeness (QED) is 0.839. The number of amides is 1. The summed E-state index contributed by atoms with van der Waals surface area (Å²) in [4.78, 5) is 16.4. The molecule has 1 saturated heterocycles. The molecule has 0 bridgehead atoms. The number of rotatable bonds is 6. The summed E-state index contributed by atoms with van der Waals surface area (Å²) in [6.45, 7) is 3.60. The third-order valence-electron chi connectivity index (χ3n) is 3.96. The van der Waals surface area contributed by atoms with Crippen molar-refractivity contribution in [1.29, 1.82) is 0 Å². The lowest BCUT2D eigenvalue weighted by Gasteiger charge is -2.32. The summed E-state index contributed by atoms with van der Waals surface area (Å²) < 4.78 is 15.9. The molecule has 1 aliphatic rings. The fourth-order valence-corrected chi connectivity index (χ4v) is 2.53. The van der Waals surface area contributed by atoms with E-state index in [0.29, 0.717) is 17.2 Å². The number of ether oxygens (including phenoxy) is 3. The molecule has 1 aromatic rings. The monoisotopic (exact) mass is 323 g/mol. The molecule has 0 spiro atoms. The number of hydrogen-bond acceptors (Lipinski definition) is 6. The van der Waals surface area contributed by atoms with Crippen LogP contribution in [-0.2, 0) is 4.79 Å². The number of piperazine rings is 1. The molecule has 0 saturated carbocycles. The van der Waals surface area contributed by atoms with Crippen molar-refractivity contribution in [3.63, 3.8) is 0 Å². The Morgan fingerprint density at radius 3 is 2.09 bits per heavy atom. The van der Waals surface area contributed by atoms with Crippen LogP contribution in [-0.4, -0.2) is 76.8 Å². The van der Waals surface area contributed by atoms with E-state index >= 15 is 0 Å². The van der Waals surface area contributed by atoms with Crippen molar-refractivity contribution in [2.45, 2.75) is 0 Å². The molecule has 0 radical (unpaired) electrons. The van der Waals surface area contributed by atoms with Crippen LogP contribution in [0.15, 0.2) is 12.1 Å². The van der Waals surface area contributed by atoms with Crippen LogP contribution in [0, 0.1) is 0 Å². The minimum atomic E-state index is 0.0897. The zero-order valence-electron chi connectivity index (χ0n) is 14.2. The topological polar surface area (TPSA) is 63.3 Å². The average molecular weight is 323 g/mol. The molecule has 1 N–H and O–H groups in total. The highest BCUT2D eigenvalue weighted by Crippen LogP contribution is 2.39. The van der Waals surface area contributed by atoms with Gasteiger partial charge in [0, 0.05) is 44.0 Å². The Bertz CT molecular complexity index is 517. The van der Waals surface area contributed by atoms with Gasteiger partial charge in [0.25, 0.3) is 0 Å². The normalized spacial score (nSPS) is 15.2. The van der Waals surface area contributed by atoms with E-state index in [0.717, 1.165) is 31.9 Å². The van der Waals surface area contributed by atoms with Gasteiger partial charge in [-0.05, 0) is 7.05 Å². The highest BCUT2D eigenvalue weighted by atomic mass is 16.5. The van der Waals surface area contributed by atoms with E-state index in [9.17, 15) is 4.79 Å². The summed E-state index contributed by atoms with van der Waals surface area (Å²) in [6, 6.07) is 3.58. The van der Waals surface area contributed by atoms with Gasteiger partial charge in [0.05, 0.1) is 27.9 Å². The van der Waals surface area contributed by atoms with E-state index in [-0.39, 0.29) is 12.5 Å². The van der Waals surface area contributed by atoms with Crippen LogP contribution in [0.3, 0.4) is 0 Å². The van der Waals surface area contributed by atoms with Gasteiger partial charge in [0.1, 0.15) is 0 Å². The zero-order valence-corrected chi connectivity index (χ0v) is 14.2. The number of nitrogens with zero attached hydrogens (tertiary/aromatic N) is 2. The predicted octanol–water partition coefficient (Wildman–Crippen LogP) is 0.898. The van der Waals surface area contributed by atoms with E-state index in [1.54, 1.807) is 33.5 Å². The Hall–Kier alpha value is -2.15. The second-order valence-electron chi connectivity index (χ2n) is 5.45. The molecule has 1 heterocycles. The maximum atomic E-state index is 12.3. The van der Waals surface area contributed by atoms with Crippen molar-refractivity contribution >= 4 is 11.6 Å². The number of methoxy groups -OCH3 is 3. The molecule has 2 rings (SSSR count). The standard InChI is InChI=1S/C16H25N3O4/c1-18-5-7-19(8-6-18)15(20)11-17-12-9-13(21-2)16(23-4)14(10-12)22-3/h9-10,17H,5-8,11H2,1-4H3.